The van der Waals surface area contributed by atoms with E-state index < -0.39 is 70.6 Å². The third kappa shape index (κ3) is 9.39. The average molecular weight is 1710 g/mol. The van der Waals surface area contributed by atoms with Crippen LogP contribution in [-0.2, 0) is 6.42 Å². The molecule has 2 aliphatic rings. The van der Waals surface area contributed by atoms with Crippen LogP contribution in [0.3, 0.4) is 0 Å². The second-order valence-electron chi connectivity index (χ2n) is 10.3. The molecule has 5 unspecified atom stereocenters. The Labute approximate surface area is 447 Å². The topological polar surface area (TPSA) is 221 Å². The Bertz CT molecular complexity index is 1740. The summed E-state index contributed by atoms with van der Waals surface area (Å²) in [4.78, 5) is 0. The summed E-state index contributed by atoms with van der Waals surface area (Å²) in [5, 5.41) is 105. The molecule has 4 aromatic carbocycles. The van der Waals surface area contributed by atoms with Gasteiger partial charge in [-0.25, -0.2) is 0 Å². The minimum absolute atomic E-state index is 0. The van der Waals surface area contributed by atoms with E-state index in [1.165, 1.54) is 42.5 Å². The Morgan fingerprint density at radius 2 is 1.04 bits per heavy atom. The van der Waals surface area contributed by atoms with Gasteiger partial charge in [0, 0.05) is 262 Å². The van der Waals surface area contributed by atoms with E-state index in [4.69, 9.17) is 9.47 Å². The van der Waals surface area contributed by atoms with Crippen molar-refractivity contribution >= 4 is 0 Å². The van der Waals surface area contributed by atoms with Crippen LogP contribution in [-0.4, -0.2) is 63.3 Å². The first-order valence-electron chi connectivity index (χ1n) is 12.8. The van der Waals surface area contributed by atoms with E-state index in [1.807, 2.05) is 0 Å². The number of rotatable bonds is 3. The zero-order valence-electron chi connectivity index (χ0n) is 24.5. The van der Waals surface area contributed by atoms with Crippen molar-refractivity contribution in [2.45, 2.75) is 36.8 Å². The molecule has 0 aliphatic carbocycles. The van der Waals surface area contributed by atoms with Gasteiger partial charge in [-0.05, 0) is 35.4 Å². The molecular weight excluding hydrogens is 1690 g/mol. The quantitative estimate of drug-likeness (QED) is 0.134. The number of benzene rings is 4. The summed E-state index contributed by atoms with van der Waals surface area (Å²) in [6, 6.07) is 10.8. The van der Waals surface area contributed by atoms with E-state index in [1.54, 1.807) is 0 Å². The number of aliphatic hydroxyl groups is 2. The number of aromatic hydroxyl groups is 8. The molecule has 17 heteroatoms. The van der Waals surface area contributed by atoms with Crippen molar-refractivity contribution in [3.63, 3.8) is 0 Å². The molecule has 0 saturated heterocycles. The van der Waals surface area contributed by atoms with Crippen LogP contribution in [0.4, 0.5) is 0 Å². The summed E-state index contributed by atoms with van der Waals surface area (Å²) in [6.45, 7) is 0. The second-order valence-corrected chi connectivity index (χ2v) is 10.3. The van der Waals surface area contributed by atoms with Crippen molar-refractivity contribution in [3.8, 4) is 57.5 Å². The number of aliphatic hydroxyl groups excluding tert-OH is 2. The van der Waals surface area contributed by atoms with E-state index in [-0.39, 0.29) is 272 Å². The van der Waals surface area contributed by atoms with Gasteiger partial charge in [-0.3, -0.25) is 0 Å². The molecule has 0 aromatic heterocycles. The van der Waals surface area contributed by atoms with E-state index in [9.17, 15) is 51.1 Å². The van der Waals surface area contributed by atoms with Crippen LogP contribution in [0, 0.1) is 220 Å². The van der Waals surface area contributed by atoms with Crippen LogP contribution in [0.15, 0.2) is 54.6 Å². The molecule has 2 aliphatic heterocycles. The molecule has 0 spiro atoms. The molecule has 12 nitrogen and oxygen atoms in total. The summed E-state index contributed by atoms with van der Waals surface area (Å²) in [6.07, 6.45) is -5.43. The summed E-state index contributed by atoms with van der Waals surface area (Å²) in [5.41, 5.74) is 0.435. The van der Waals surface area contributed by atoms with Crippen LogP contribution >= 0.6 is 0 Å². The van der Waals surface area contributed by atoms with Crippen LogP contribution in [0.25, 0.3) is 0 Å². The van der Waals surface area contributed by atoms with E-state index in [0.717, 1.165) is 12.1 Å². The van der Waals surface area contributed by atoms with Gasteiger partial charge in [0.2, 0.25) is 0 Å². The van der Waals surface area contributed by atoms with Gasteiger partial charge >= 0.3 is 0 Å². The zero-order valence-corrected chi connectivity index (χ0v) is 48.2. The third-order valence-electron chi connectivity index (χ3n) is 7.67. The number of ether oxygens (including phenoxy) is 2. The molecule has 0 saturated carbocycles. The van der Waals surface area contributed by atoms with Gasteiger partial charge in [0.1, 0.15) is 46.7 Å². The fourth-order valence-electron chi connectivity index (χ4n) is 5.71. The van der Waals surface area contributed by atoms with Crippen LogP contribution in [0.5, 0.6) is 57.5 Å². The minimum atomic E-state index is -1.59. The molecule has 5 radical (unpaired) electrons. The Kier molecular flexibility index (Phi) is 19.4. The molecule has 0 amide bonds. The monoisotopic (exact) mass is 1710 g/mol. The first-order chi connectivity index (χ1) is 19.9. The molecule has 2 heterocycles. The maximum Gasteiger partial charge on any atom is 0.157 e. The normalized spacial score (nSPS) is 20.4. The Balaban J connectivity index is 0.00000221. The molecule has 233 valence electrons. The summed E-state index contributed by atoms with van der Waals surface area (Å²) in [7, 11) is 0. The Morgan fingerprint density at radius 3 is 1.60 bits per heavy atom. The largest absolute Gasteiger partial charge is 0.508 e. The minimum Gasteiger partial charge on any atom is -0.508 e. The molecule has 5 atom stereocenters. The van der Waals surface area contributed by atoms with Crippen molar-refractivity contribution in [2.24, 2.45) is 0 Å². The van der Waals surface area contributed by atoms with Gasteiger partial charge in [0.25, 0.3) is 0 Å². The van der Waals surface area contributed by atoms with Gasteiger partial charge in [-0.15, -0.1) is 0 Å². The van der Waals surface area contributed by atoms with Crippen LogP contribution in [0.1, 0.15) is 45.9 Å². The third-order valence-corrected chi connectivity index (χ3v) is 7.67. The summed E-state index contributed by atoms with van der Waals surface area (Å²) >= 11 is 0. The average Bonchev–Trinajstić information content (AvgIpc) is 2.93. The van der Waals surface area contributed by atoms with Gasteiger partial charge in [0.15, 0.2) is 29.1 Å². The fraction of sp³-hybridized carbons (Fsp3) is 0.200. The van der Waals surface area contributed by atoms with Gasteiger partial charge in [0.05, 0.1) is 12.0 Å². The second kappa shape index (κ2) is 19.4. The molecule has 6 rings (SSSR count). The molecule has 10 N–H and O–H groups in total. The van der Waals surface area contributed by atoms with E-state index >= 15 is 0 Å². The van der Waals surface area contributed by atoms with E-state index in [0.29, 0.717) is 0 Å². The number of phenols is 8. The fourth-order valence-corrected chi connectivity index (χ4v) is 5.71. The maximum atomic E-state index is 11.8. The smallest absolute Gasteiger partial charge is 0.157 e. The van der Waals surface area contributed by atoms with Gasteiger partial charge in [-0.1, -0.05) is 12.1 Å². The molecule has 0 fully saturated rings. The van der Waals surface area contributed by atoms with Crippen molar-refractivity contribution < 1.29 is 281 Å². The van der Waals surface area contributed by atoms with Crippen LogP contribution < -0.4 is 9.47 Å². The molecular formula is C30H26Ac5O12. The number of phenolic OH excluding ortho intramolecular Hbond substituents is 8. The number of fused-ring (bicyclic) bond motifs is 2. The van der Waals surface area contributed by atoms with Crippen LogP contribution in [0.2, 0.25) is 0 Å². The maximum absolute atomic E-state index is 11.8. The van der Waals surface area contributed by atoms with Crippen molar-refractivity contribution in [2.75, 3.05) is 0 Å². The molecule has 47 heavy (non-hydrogen) atoms. The predicted octanol–water partition coefficient (Wildman–Crippen LogP) is 3.00. The summed E-state index contributed by atoms with van der Waals surface area (Å²) in [5.74, 6) is -5.08. The van der Waals surface area contributed by atoms with Crippen molar-refractivity contribution in [3.05, 3.63) is 82.4 Å². The summed E-state index contributed by atoms with van der Waals surface area (Å²) < 4.78 is 12.1. The number of hydrogen-bond acceptors (Lipinski definition) is 12. The molecule has 4 aromatic rings. The standard InChI is InChI=1S/C30H26O12.5Ac/c31-13-7-20(37)24-23(8-13)41-29(12-2-4-16(33)19(36)6-12)27(40)26(24)25-21(38)10-17(34)14-9-22(39)28(42-30(14)25)11-1-3-15(32)18(35)5-11;;;;;/h1-8,10,22,26-29,31-40H,9H2;;;;;. The first-order valence-corrected chi connectivity index (χ1v) is 12.8. The Morgan fingerprint density at radius 1 is 0.511 bits per heavy atom. The SMILES string of the molecule is Oc1cc(O)c2c(c1)OC(c1ccc(O)c(O)c1)C(O)C2c1c(O)cc(O)c2c1OC(c1ccc(O)c(O)c1)C(O)C2.[Ac].[Ac].[Ac].[Ac].[Ac]. The Hall–Kier alpha value is 2.01. The zero-order chi connectivity index (χ0) is 30.0. The predicted molar refractivity (Wildman–Crippen MR) is 143 cm³/mol. The van der Waals surface area contributed by atoms with Crippen molar-refractivity contribution in [1.29, 1.82) is 0 Å². The first kappa shape index (κ1) is 47.0. The van der Waals surface area contributed by atoms with Gasteiger partial charge < -0.3 is 60.5 Å². The number of hydrogen-bond donors (Lipinski definition) is 10. The van der Waals surface area contributed by atoms with E-state index in [2.05, 4.69) is 0 Å². The van der Waals surface area contributed by atoms with Crippen molar-refractivity contribution in [1.82, 2.24) is 0 Å². The van der Waals surface area contributed by atoms with Gasteiger partial charge in [-0.2, -0.15) is 0 Å². The molecule has 0 bridgehead atoms.